The van der Waals surface area contributed by atoms with Gasteiger partial charge in [0, 0.05) is 6.20 Å². The first-order chi connectivity index (χ1) is 5.29. The predicted molar refractivity (Wildman–Crippen MR) is 36.8 cm³/mol. The SMILES string of the molecule is O=C1NC2=CN[CH]C=C2C1=O. The Morgan fingerprint density at radius 1 is 1.27 bits per heavy atom. The molecule has 0 unspecified atom stereocenters. The molecule has 1 saturated heterocycles. The summed E-state index contributed by atoms with van der Waals surface area (Å²) in [6, 6.07) is 0. The second-order valence-corrected chi connectivity index (χ2v) is 2.25. The Kier molecular flexibility index (Phi) is 1.09. The highest BCUT2D eigenvalue weighted by Gasteiger charge is 2.31. The molecular weight excluding hydrogens is 144 g/mol. The number of Topliss-reactive ketones (excluding diaryl/α,β-unsaturated/α-hetero) is 1. The van der Waals surface area contributed by atoms with E-state index >= 15 is 0 Å². The normalized spacial score (nSPS) is 21.5. The van der Waals surface area contributed by atoms with Crippen molar-refractivity contribution >= 4 is 11.7 Å². The first kappa shape index (κ1) is 6.15. The van der Waals surface area contributed by atoms with Crippen LogP contribution in [0.5, 0.6) is 0 Å². The molecule has 0 saturated carbocycles. The quantitative estimate of drug-likeness (QED) is 0.444. The number of allylic oxidation sites excluding steroid dienone is 1. The number of amides is 1. The molecule has 2 rings (SSSR count). The van der Waals surface area contributed by atoms with Gasteiger partial charge in [-0.05, 0) is 6.08 Å². The van der Waals surface area contributed by atoms with E-state index in [9.17, 15) is 9.59 Å². The zero-order valence-electron chi connectivity index (χ0n) is 5.55. The summed E-state index contributed by atoms with van der Waals surface area (Å²) in [6.07, 6.45) is 3.16. The van der Waals surface area contributed by atoms with E-state index in [4.69, 9.17) is 0 Å². The summed E-state index contributed by atoms with van der Waals surface area (Å²) in [5, 5.41) is 5.19. The zero-order chi connectivity index (χ0) is 7.84. The zero-order valence-corrected chi connectivity index (χ0v) is 5.55. The lowest BCUT2D eigenvalue weighted by Crippen LogP contribution is -2.18. The van der Waals surface area contributed by atoms with Gasteiger partial charge < -0.3 is 10.6 Å². The number of carbonyl (C=O) groups is 2. The van der Waals surface area contributed by atoms with Crippen LogP contribution in [0.3, 0.4) is 0 Å². The third-order valence-corrected chi connectivity index (χ3v) is 1.56. The molecule has 0 aromatic rings. The van der Waals surface area contributed by atoms with Gasteiger partial charge in [-0.1, -0.05) is 0 Å². The Morgan fingerprint density at radius 3 is 2.82 bits per heavy atom. The van der Waals surface area contributed by atoms with Gasteiger partial charge in [0.1, 0.15) is 0 Å². The number of rotatable bonds is 0. The first-order valence-electron chi connectivity index (χ1n) is 3.15. The molecule has 1 amide bonds. The third kappa shape index (κ3) is 0.756. The van der Waals surface area contributed by atoms with E-state index in [1.54, 1.807) is 18.8 Å². The van der Waals surface area contributed by atoms with E-state index < -0.39 is 11.7 Å². The predicted octanol–water partition coefficient (Wildman–Crippen LogP) is -0.782. The maximum absolute atomic E-state index is 11.0. The lowest BCUT2D eigenvalue weighted by Gasteiger charge is -2.05. The molecule has 0 spiro atoms. The molecule has 4 heteroatoms. The highest BCUT2D eigenvalue weighted by atomic mass is 16.2. The van der Waals surface area contributed by atoms with Crippen molar-refractivity contribution in [3.8, 4) is 0 Å². The van der Waals surface area contributed by atoms with Crippen molar-refractivity contribution in [3.63, 3.8) is 0 Å². The summed E-state index contributed by atoms with van der Waals surface area (Å²) in [7, 11) is 0. The van der Waals surface area contributed by atoms with Gasteiger partial charge in [0.2, 0.25) is 0 Å². The van der Waals surface area contributed by atoms with Crippen LogP contribution in [0.2, 0.25) is 0 Å². The van der Waals surface area contributed by atoms with Crippen LogP contribution in [0, 0.1) is 6.54 Å². The van der Waals surface area contributed by atoms with Crippen molar-refractivity contribution in [2.24, 2.45) is 0 Å². The van der Waals surface area contributed by atoms with Gasteiger partial charge in [-0.15, -0.1) is 0 Å². The van der Waals surface area contributed by atoms with Gasteiger partial charge in [-0.2, -0.15) is 0 Å². The van der Waals surface area contributed by atoms with E-state index in [0.717, 1.165) is 0 Å². The molecule has 0 aromatic carbocycles. The molecule has 0 aromatic heterocycles. The van der Waals surface area contributed by atoms with Gasteiger partial charge >= 0.3 is 0 Å². The van der Waals surface area contributed by atoms with Gasteiger partial charge in [0.15, 0.2) is 0 Å². The molecule has 1 fully saturated rings. The van der Waals surface area contributed by atoms with E-state index in [1.807, 2.05) is 0 Å². The van der Waals surface area contributed by atoms with Crippen molar-refractivity contribution in [1.29, 1.82) is 0 Å². The fourth-order valence-electron chi connectivity index (χ4n) is 1.03. The Balaban J connectivity index is 2.46. The number of hydrogen-bond acceptors (Lipinski definition) is 3. The Labute approximate surface area is 63.0 Å². The number of fused-ring (bicyclic) bond motifs is 1. The Hall–Kier alpha value is -1.58. The fraction of sp³-hybridized carbons (Fsp3) is 0. The molecule has 2 aliphatic heterocycles. The number of hydrogen-bond donors (Lipinski definition) is 2. The average Bonchev–Trinajstić information content (AvgIpc) is 2.30. The van der Waals surface area contributed by atoms with Gasteiger partial charge in [-0.25, -0.2) is 0 Å². The fourth-order valence-corrected chi connectivity index (χ4v) is 1.03. The van der Waals surface area contributed by atoms with Crippen LogP contribution in [0.1, 0.15) is 0 Å². The van der Waals surface area contributed by atoms with E-state index in [0.29, 0.717) is 11.3 Å². The summed E-state index contributed by atoms with van der Waals surface area (Å²) in [5.41, 5.74) is 0.997. The molecule has 4 nitrogen and oxygen atoms in total. The Morgan fingerprint density at radius 2 is 2.09 bits per heavy atom. The molecule has 0 aliphatic carbocycles. The van der Waals surface area contributed by atoms with Gasteiger partial charge in [0.25, 0.3) is 11.7 Å². The third-order valence-electron chi connectivity index (χ3n) is 1.56. The van der Waals surface area contributed by atoms with Gasteiger partial charge in [0.05, 0.1) is 17.8 Å². The van der Waals surface area contributed by atoms with Crippen molar-refractivity contribution in [2.75, 3.05) is 0 Å². The molecular formula is C7H5N2O2. The summed E-state index contributed by atoms with van der Waals surface area (Å²) in [4.78, 5) is 21.7. The molecule has 1 radical (unpaired) electrons. The lowest BCUT2D eigenvalue weighted by molar-refractivity contribution is -0.133. The topological polar surface area (TPSA) is 58.2 Å². The molecule has 2 N–H and O–H groups in total. The van der Waals surface area contributed by atoms with Crippen molar-refractivity contribution < 1.29 is 9.59 Å². The standard InChI is InChI=1S/C7H5N2O2/c10-6-4-1-2-8-3-5(4)9-7(6)11/h1-3,8H,(H,9,11). The molecule has 0 atom stereocenters. The summed E-state index contributed by atoms with van der Waals surface area (Å²) >= 11 is 0. The van der Waals surface area contributed by atoms with E-state index in [2.05, 4.69) is 10.6 Å². The first-order valence-corrected chi connectivity index (χ1v) is 3.15. The van der Waals surface area contributed by atoms with Crippen LogP contribution in [-0.4, -0.2) is 11.7 Å². The highest BCUT2D eigenvalue weighted by molar-refractivity contribution is 6.47. The van der Waals surface area contributed by atoms with Crippen LogP contribution in [0.4, 0.5) is 0 Å². The summed E-state index contributed by atoms with van der Waals surface area (Å²) < 4.78 is 0. The number of nitrogens with one attached hydrogen (secondary N) is 2. The molecule has 0 bridgehead atoms. The Bertz CT molecular complexity index is 302. The highest BCUT2D eigenvalue weighted by Crippen LogP contribution is 2.17. The molecule has 2 heterocycles. The monoisotopic (exact) mass is 149 g/mol. The number of ketones is 1. The van der Waals surface area contributed by atoms with E-state index in [1.165, 1.54) is 0 Å². The van der Waals surface area contributed by atoms with Crippen LogP contribution < -0.4 is 10.6 Å². The maximum atomic E-state index is 11.0. The van der Waals surface area contributed by atoms with Crippen molar-refractivity contribution in [1.82, 2.24) is 10.6 Å². The van der Waals surface area contributed by atoms with Crippen LogP contribution in [0.15, 0.2) is 23.5 Å². The summed E-state index contributed by atoms with van der Waals surface area (Å²) in [6.45, 7) is 1.61. The van der Waals surface area contributed by atoms with Crippen LogP contribution in [0.25, 0.3) is 0 Å². The van der Waals surface area contributed by atoms with Gasteiger partial charge in [-0.3, -0.25) is 9.59 Å². The second-order valence-electron chi connectivity index (χ2n) is 2.25. The van der Waals surface area contributed by atoms with Crippen LogP contribution in [-0.2, 0) is 9.59 Å². The number of carbonyl (C=O) groups excluding carboxylic acids is 2. The van der Waals surface area contributed by atoms with Crippen molar-refractivity contribution in [2.45, 2.75) is 0 Å². The van der Waals surface area contributed by atoms with Crippen molar-refractivity contribution in [3.05, 3.63) is 30.1 Å². The minimum Gasteiger partial charge on any atom is -0.381 e. The smallest absolute Gasteiger partial charge is 0.296 e. The maximum Gasteiger partial charge on any atom is 0.296 e. The largest absolute Gasteiger partial charge is 0.381 e. The lowest BCUT2D eigenvalue weighted by atomic mass is 10.1. The molecule has 11 heavy (non-hydrogen) atoms. The molecule has 2 aliphatic rings. The second kappa shape index (κ2) is 1.95. The summed E-state index contributed by atoms with van der Waals surface area (Å²) in [5.74, 6) is -1.02. The molecule has 55 valence electrons. The number of dihydropyridines is 1. The van der Waals surface area contributed by atoms with E-state index in [-0.39, 0.29) is 0 Å². The minimum absolute atomic E-state index is 0.439. The minimum atomic E-state index is -0.556. The average molecular weight is 149 g/mol. The van der Waals surface area contributed by atoms with Crippen LogP contribution >= 0.6 is 0 Å².